The van der Waals surface area contributed by atoms with Gasteiger partial charge in [-0.1, -0.05) is 237 Å². The zero-order valence-corrected chi connectivity index (χ0v) is 52.0. The highest BCUT2D eigenvalue weighted by molar-refractivity contribution is 8.33. The van der Waals surface area contributed by atoms with E-state index in [9.17, 15) is 4.79 Å². The van der Waals surface area contributed by atoms with E-state index < -0.39 is 63.7 Å². The van der Waals surface area contributed by atoms with Gasteiger partial charge in [0.2, 0.25) is 0 Å². The topological polar surface area (TPSA) is 60.4 Å². The highest BCUT2D eigenvalue weighted by Crippen LogP contribution is 2.79. The van der Waals surface area contributed by atoms with Gasteiger partial charge in [-0.25, -0.2) is 3.63 Å². The maximum absolute atomic E-state index is 16.8. The third-order valence-corrected chi connectivity index (χ3v) is 21.9. The van der Waals surface area contributed by atoms with E-state index in [1.54, 1.807) is 0 Å². The van der Waals surface area contributed by atoms with Gasteiger partial charge in [-0.05, 0) is 133 Å². The Morgan fingerprint density at radius 2 is 0.686 bits per heavy atom. The minimum atomic E-state index is -4.59. The summed E-state index contributed by atoms with van der Waals surface area (Å²) in [7, 11) is -8.06. The highest BCUT2D eigenvalue weighted by Gasteiger charge is 2.66. The van der Waals surface area contributed by atoms with E-state index in [-0.39, 0.29) is 33.7 Å². The minimum Gasteiger partial charge on any atom is -0.299 e. The first-order valence-electron chi connectivity index (χ1n) is 26.7. The zero-order valence-electron chi connectivity index (χ0n) is 50.3. The van der Waals surface area contributed by atoms with E-state index in [2.05, 4.69) is 237 Å². The van der Waals surface area contributed by atoms with Gasteiger partial charge in [-0.3, -0.25) is 4.79 Å². The lowest BCUT2D eigenvalue weighted by atomic mass is 9.70. The lowest BCUT2D eigenvalue weighted by molar-refractivity contribution is -0.128. The predicted molar refractivity (Wildman–Crippen MR) is 303 cm³/mol. The molecule has 3 aromatic rings. The molecule has 0 spiro atoms. The molecule has 0 aromatic heterocycles. The van der Waals surface area contributed by atoms with Crippen molar-refractivity contribution < 1.29 is 16.8 Å². The number of ketones is 1. The summed E-state index contributed by atoms with van der Waals surface area (Å²) in [6, 6.07) is 14.5. The Morgan fingerprint density at radius 3 is 0.857 bits per heavy atom. The molecule has 2 aliphatic rings. The van der Waals surface area contributed by atoms with E-state index in [4.69, 9.17) is 3.63 Å². The molecule has 3 aromatic carbocycles. The van der Waals surface area contributed by atoms with Gasteiger partial charge in [0.15, 0.2) is 0 Å². The fourth-order valence-corrected chi connectivity index (χ4v) is 19.7. The van der Waals surface area contributed by atoms with E-state index in [1.165, 1.54) is 16.7 Å². The van der Waals surface area contributed by atoms with Crippen molar-refractivity contribution in [3.05, 3.63) is 86.5 Å². The number of hydrogen-bond donors (Lipinski definition) is 0. The summed E-state index contributed by atoms with van der Waals surface area (Å²) in [5.41, 5.74) is 5.15. The molecule has 0 aliphatic heterocycles. The van der Waals surface area contributed by atoms with Crippen molar-refractivity contribution in [2.75, 3.05) is 5.75 Å². The molecule has 70 heavy (non-hydrogen) atoms. The third kappa shape index (κ3) is 10.6. The van der Waals surface area contributed by atoms with Gasteiger partial charge in [0.25, 0.3) is 10.1 Å². The largest absolute Gasteiger partial charge is 0.299 e. The zero-order chi connectivity index (χ0) is 54.4. The number of Topliss-reactive ketones (excluding diaryl/α,β-unsaturated/α-hetero) is 1. The van der Waals surface area contributed by atoms with Crippen LogP contribution in [0.25, 0.3) is 0 Å². The van der Waals surface area contributed by atoms with Crippen molar-refractivity contribution in [3.8, 4) is 0 Å². The number of benzene rings is 3. The molecule has 2 aliphatic carbocycles. The van der Waals surface area contributed by atoms with Gasteiger partial charge in [0.1, 0.15) is 5.78 Å². The summed E-state index contributed by atoms with van der Waals surface area (Å²) in [5, 5.41) is 0. The number of rotatable bonds is 7. The van der Waals surface area contributed by atoms with E-state index in [1.807, 2.05) is 0 Å². The smallest absolute Gasteiger partial charge is 0.278 e. The number of carbonyl (C=O) groups is 1. The fraction of sp³-hybridized carbons (Fsp3) is 0.703. The standard InChI is InChI=1S/C64H102O4S2/c1-54(2,3)41-32-44(57(10,11)12)51(45(33-41)58(13,14)15)70(68-69(66,67)39-64-31-30-40(38-50(64)65)63(64,28)29,52-46(59(16,17)18)34-42(55(4,5)6)35-47(52)60(19,20)21)53-48(61(22,23)24)36-43(56(7,8)9)37-49(53)62(25,26)27/h32-37,40H,30-31,38-39H2,1-29H3. The minimum absolute atomic E-state index is 0.0717. The maximum Gasteiger partial charge on any atom is 0.278 e. The SMILES string of the molecule is CC(C)(C)c1cc(C(C)(C)C)c(S(OS(=O)(=O)CC23CCC(CC2=O)C3(C)C)(c2c(C(C)(C)C)cc(C(C)(C)C)cc2C(C)(C)C)c2c(C(C)(C)C)cc(C(C)(C)C)cc2C(C)(C)C)c(C(C)(C)C)c1. The molecule has 0 amide bonds. The van der Waals surface area contributed by atoms with Crippen LogP contribution in [0.4, 0.5) is 0 Å². The maximum atomic E-state index is 16.8. The summed E-state index contributed by atoms with van der Waals surface area (Å²) < 4.78 is 41.9. The molecule has 6 heteroatoms. The van der Waals surface area contributed by atoms with E-state index in [0.29, 0.717) is 12.8 Å². The van der Waals surface area contributed by atoms with Gasteiger partial charge in [0, 0.05) is 21.1 Å². The Balaban J connectivity index is 2.43. The number of carbonyl (C=O) groups excluding carboxylic acids is 1. The molecular weight excluding hydrogens is 897 g/mol. The van der Waals surface area contributed by atoms with Crippen molar-refractivity contribution in [2.45, 2.75) is 283 Å². The van der Waals surface area contributed by atoms with Crippen LogP contribution in [0.1, 0.15) is 270 Å². The molecule has 2 atom stereocenters. The van der Waals surface area contributed by atoms with Gasteiger partial charge >= 0.3 is 0 Å². The highest BCUT2D eigenvalue weighted by atomic mass is 32.3. The normalized spacial score (nSPS) is 20.4. The summed E-state index contributed by atoms with van der Waals surface area (Å²) in [6.07, 6.45) is 1.82. The lowest BCUT2D eigenvalue weighted by Crippen LogP contribution is -2.43. The second-order valence-electron chi connectivity index (χ2n) is 31.9. The summed E-state index contributed by atoms with van der Waals surface area (Å²) in [4.78, 5) is 17.6. The fourth-order valence-electron chi connectivity index (χ4n) is 11.5. The third-order valence-electron chi connectivity index (χ3n) is 16.3. The van der Waals surface area contributed by atoms with Crippen LogP contribution >= 0.6 is 10.3 Å². The molecule has 0 N–H and O–H groups in total. The molecule has 0 heterocycles. The summed E-state index contributed by atoms with van der Waals surface area (Å²) in [5.74, 6) is -0.132. The first-order chi connectivity index (χ1) is 30.8. The first-order valence-corrected chi connectivity index (χ1v) is 29.8. The Hall–Kier alpha value is -2.41. The molecular formula is C64H102O4S2. The Kier molecular flexibility index (Phi) is 14.5. The molecule has 0 radical (unpaired) electrons. The number of hydrogen-bond acceptors (Lipinski definition) is 4. The van der Waals surface area contributed by atoms with Crippen molar-refractivity contribution in [1.29, 1.82) is 0 Å². The predicted octanol–water partition coefficient (Wildman–Crippen LogP) is 18.3. The summed E-state index contributed by atoms with van der Waals surface area (Å²) >= 11 is 0. The van der Waals surface area contributed by atoms with Gasteiger partial charge < -0.3 is 0 Å². The van der Waals surface area contributed by atoms with Crippen LogP contribution < -0.4 is 0 Å². The van der Waals surface area contributed by atoms with Crippen LogP contribution in [0.5, 0.6) is 0 Å². The van der Waals surface area contributed by atoms with Crippen molar-refractivity contribution in [2.24, 2.45) is 16.7 Å². The molecule has 0 saturated heterocycles. The second kappa shape index (κ2) is 17.3. The van der Waals surface area contributed by atoms with Crippen molar-refractivity contribution in [3.63, 3.8) is 0 Å². The Labute approximate surface area is 433 Å². The van der Waals surface area contributed by atoms with Crippen LogP contribution in [-0.2, 0) is 67.3 Å². The molecule has 394 valence electrons. The van der Waals surface area contributed by atoms with Crippen LogP contribution in [0.2, 0.25) is 0 Å². The number of fused-ring (bicyclic) bond motifs is 2. The molecule has 5 rings (SSSR count). The summed E-state index contributed by atoms with van der Waals surface area (Å²) in [6.45, 7) is 66.3. The van der Waals surface area contributed by atoms with E-state index in [0.717, 1.165) is 54.5 Å². The van der Waals surface area contributed by atoms with Gasteiger partial charge in [-0.15, -0.1) is 0 Å². The van der Waals surface area contributed by atoms with E-state index >= 15 is 8.42 Å². The van der Waals surface area contributed by atoms with Crippen LogP contribution in [0, 0.1) is 16.7 Å². The molecule has 4 nitrogen and oxygen atoms in total. The molecule has 2 bridgehead atoms. The first kappa shape index (κ1) is 58.5. The van der Waals surface area contributed by atoms with Crippen LogP contribution in [0.3, 0.4) is 0 Å². The molecule has 2 saturated carbocycles. The lowest BCUT2D eigenvalue weighted by Gasteiger charge is -2.53. The quantitative estimate of drug-likeness (QED) is 0.237. The van der Waals surface area contributed by atoms with Gasteiger partial charge in [-0.2, -0.15) is 8.42 Å². The molecule has 2 fully saturated rings. The Morgan fingerprint density at radius 1 is 0.443 bits per heavy atom. The van der Waals surface area contributed by atoms with Crippen LogP contribution in [0.15, 0.2) is 51.1 Å². The average molecular weight is 1000 g/mol. The average Bonchev–Trinajstić information content (AvgIpc) is 3.46. The van der Waals surface area contributed by atoms with Crippen molar-refractivity contribution >= 4 is 26.2 Å². The molecule has 2 unspecified atom stereocenters. The van der Waals surface area contributed by atoms with Crippen LogP contribution in [-0.4, -0.2) is 20.0 Å². The monoisotopic (exact) mass is 999 g/mol. The van der Waals surface area contributed by atoms with Crippen molar-refractivity contribution in [1.82, 2.24) is 0 Å². The second-order valence-corrected chi connectivity index (χ2v) is 36.2. The van der Waals surface area contributed by atoms with Gasteiger partial charge in [0.05, 0.1) is 11.2 Å². The Bertz CT molecular complexity index is 2300.